The Kier molecular flexibility index (Phi) is 5.62. The van der Waals surface area contributed by atoms with E-state index in [1.807, 2.05) is 6.07 Å². The Morgan fingerprint density at radius 1 is 1.40 bits per heavy atom. The Hall–Kier alpha value is -0.410. The second-order valence-electron chi connectivity index (χ2n) is 5.66. The molecule has 1 N–H and O–H groups in total. The maximum absolute atomic E-state index is 5.92. The Balaban J connectivity index is 2.05. The van der Waals surface area contributed by atoms with Crippen LogP contribution in [0.5, 0.6) is 5.75 Å². The molecular weight excluding hydrogens is 289 g/mol. The summed E-state index contributed by atoms with van der Waals surface area (Å²) in [6.45, 7) is 5.52. The van der Waals surface area contributed by atoms with Gasteiger partial charge in [-0.05, 0) is 48.3 Å². The summed E-state index contributed by atoms with van der Waals surface area (Å²) in [5.74, 6) is 1.41. The smallest absolute Gasteiger partial charge is 0.313 e. The van der Waals surface area contributed by atoms with E-state index < -0.39 is 6.64 Å². The average Bonchev–Trinajstić information content (AvgIpc) is 2.43. The van der Waals surface area contributed by atoms with E-state index in [1.165, 1.54) is 18.4 Å². The van der Waals surface area contributed by atoms with Crippen molar-refractivity contribution in [1.82, 2.24) is 5.09 Å². The third-order valence-corrected chi connectivity index (χ3v) is 5.65. The summed E-state index contributed by atoms with van der Waals surface area (Å²) >= 11 is 5.51. The zero-order chi connectivity index (χ0) is 14.6. The van der Waals surface area contributed by atoms with Gasteiger partial charge >= 0.3 is 6.64 Å². The Morgan fingerprint density at radius 3 is 2.90 bits per heavy atom. The lowest BCUT2D eigenvalue weighted by Gasteiger charge is -2.30. The van der Waals surface area contributed by atoms with Crippen LogP contribution in [0.2, 0.25) is 0 Å². The molecule has 1 aliphatic heterocycles. The fourth-order valence-corrected chi connectivity index (χ4v) is 4.22. The SMILES string of the molecule is CCCCc1ccc2c(c1)COP(=S)(NCC(C)C)O2. The minimum Gasteiger partial charge on any atom is -0.432 e. The number of rotatable bonds is 6. The predicted octanol–water partition coefficient (Wildman–Crippen LogP) is 4.41. The van der Waals surface area contributed by atoms with Gasteiger partial charge in [0.15, 0.2) is 0 Å². The number of benzene rings is 1. The highest BCUT2D eigenvalue weighted by atomic mass is 32.5. The molecule has 1 unspecified atom stereocenters. The van der Waals surface area contributed by atoms with Crippen LogP contribution in [-0.2, 0) is 29.4 Å². The molecule has 0 spiro atoms. The maximum atomic E-state index is 5.92. The van der Waals surface area contributed by atoms with E-state index in [4.69, 9.17) is 20.9 Å². The summed E-state index contributed by atoms with van der Waals surface area (Å²) in [5.41, 5.74) is 2.47. The molecule has 0 saturated heterocycles. The minimum atomic E-state index is -2.35. The number of unbranched alkanes of at least 4 members (excludes halogenated alkanes) is 1. The van der Waals surface area contributed by atoms with E-state index in [0.29, 0.717) is 12.5 Å². The second-order valence-corrected chi connectivity index (χ2v) is 8.86. The monoisotopic (exact) mass is 313 g/mol. The van der Waals surface area contributed by atoms with E-state index in [-0.39, 0.29) is 0 Å². The standard InChI is InChI=1S/C15H24NO2PS/c1-4-5-6-13-7-8-15-14(9-13)11-17-19(20,18-15)16-10-12(2)3/h7-9,12H,4-6,10-11H2,1-3H3,(H,16,20). The molecule has 112 valence electrons. The van der Waals surface area contributed by atoms with Crippen LogP contribution in [0.25, 0.3) is 0 Å². The number of fused-ring (bicyclic) bond motifs is 1. The van der Waals surface area contributed by atoms with E-state index >= 15 is 0 Å². The maximum Gasteiger partial charge on any atom is 0.313 e. The van der Waals surface area contributed by atoms with Gasteiger partial charge in [0.05, 0.1) is 6.61 Å². The summed E-state index contributed by atoms with van der Waals surface area (Å²) < 4.78 is 11.7. The zero-order valence-corrected chi connectivity index (χ0v) is 14.2. The van der Waals surface area contributed by atoms with E-state index in [0.717, 1.165) is 24.3 Å². The second kappa shape index (κ2) is 7.04. The van der Waals surface area contributed by atoms with E-state index in [1.54, 1.807) is 0 Å². The van der Waals surface area contributed by atoms with Gasteiger partial charge in [0.2, 0.25) is 0 Å². The Bertz CT molecular complexity index is 505. The van der Waals surface area contributed by atoms with Gasteiger partial charge in [-0.25, -0.2) is 5.09 Å². The number of hydrogen-bond donors (Lipinski definition) is 1. The van der Waals surface area contributed by atoms with Crippen molar-refractivity contribution in [3.05, 3.63) is 29.3 Å². The molecule has 0 saturated carbocycles. The molecule has 0 aromatic heterocycles. The topological polar surface area (TPSA) is 30.5 Å². The minimum absolute atomic E-state index is 0.528. The molecule has 3 nitrogen and oxygen atoms in total. The fraction of sp³-hybridized carbons (Fsp3) is 0.600. The highest BCUT2D eigenvalue weighted by molar-refractivity contribution is 8.09. The molecule has 0 radical (unpaired) electrons. The van der Waals surface area contributed by atoms with Gasteiger partial charge in [-0.3, -0.25) is 0 Å². The summed E-state index contributed by atoms with van der Waals surface area (Å²) in [5, 5.41) is 3.27. The van der Waals surface area contributed by atoms with Crippen LogP contribution in [0, 0.1) is 5.92 Å². The molecule has 0 aliphatic carbocycles. The largest absolute Gasteiger partial charge is 0.432 e. The van der Waals surface area contributed by atoms with Gasteiger partial charge in [-0.1, -0.05) is 33.3 Å². The van der Waals surface area contributed by atoms with Crippen molar-refractivity contribution >= 4 is 18.4 Å². The molecule has 1 aromatic rings. The first kappa shape index (κ1) is 16.0. The van der Waals surface area contributed by atoms with Crippen LogP contribution in [0.1, 0.15) is 44.7 Å². The quantitative estimate of drug-likeness (QED) is 0.788. The fourth-order valence-electron chi connectivity index (χ4n) is 2.05. The summed E-state index contributed by atoms with van der Waals surface area (Å²) in [6, 6.07) is 6.37. The third kappa shape index (κ3) is 4.29. The molecular formula is C15H24NO2PS. The van der Waals surface area contributed by atoms with Crippen molar-refractivity contribution in [2.45, 2.75) is 46.6 Å². The Labute approximate surface area is 127 Å². The molecule has 0 bridgehead atoms. The van der Waals surface area contributed by atoms with E-state index in [9.17, 15) is 0 Å². The summed E-state index contributed by atoms with van der Waals surface area (Å²) in [6.07, 6.45) is 3.54. The van der Waals surface area contributed by atoms with Gasteiger partial charge in [-0.15, -0.1) is 0 Å². The lowest BCUT2D eigenvalue weighted by atomic mass is 10.1. The molecule has 1 aliphatic rings. The molecule has 1 atom stereocenters. The van der Waals surface area contributed by atoms with Crippen LogP contribution in [0.4, 0.5) is 0 Å². The van der Waals surface area contributed by atoms with Gasteiger partial charge in [0.25, 0.3) is 0 Å². The van der Waals surface area contributed by atoms with Gasteiger partial charge < -0.3 is 9.05 Å². The molecule has 0 amide bonds. The van der Waals surface area contributed by atoms with Crippen molar-refractivity contribution in [2.75, 3.05) is 6.54 Å². The Morgan fingerprint density at radius 2 is 2.20 bits per heavy atom. The highest BCUT2D eigenvalue weighted by Gasteiger charge is 2.27. The number of aryl methyl sites for hydroxylation is 1. The van der Waals surface area contributed by atoms with Gasteiger partial charge in [0.1, 0.15) is 5.75 Å². The number of nitrogens with one attached hydrogen (secondary N) is 1. The summed E-state index contributed by atoms with van der Waals surface area (Å²) in [4.78, 5) is 0. The van der Waals surface area contributed by atoms with Crippen molar-refractivity contribution < 1.29 is 9.05 Å². The lowest BCUT2D eigenvalue weighted by molar-refractivity contribution is 0.266. The van der Waals surface area contributed by atoms with Crippen molar-refractivity contribution in [1.29, 1.82) is 0 Å². The predicted molar refractivity (Wildman–Crippen MR) is 87.6 cm³/mol. The highest BCUT2D eigenvalue weighted by Crippen LogP contribution is 2.50. The molecule has 0 fully saturated rings. The van der Waals surface area contributed by atoms with Crippen LogP contribution in [0.3, 0.4) is 0 Å². The van der Waals surface area contributed by atoms with E-state index in [2.05, 4.69) is 38.0 Å². The molecule has 5 heteroatoms. The molecule has 2 rings (SSSR count). The average molecular weight is 313 g/mol. The molecule has 1 heterocycles. The van der Waals surface area contributed by atoms with Crippen LogP contribution >= 0.6 is 6.64 Å². The first-order valence-electron chi connectivity index (χ1n) is 7.33. The first-order chi connectivity index (χ1) is 9.52. The van der Waals surface area contributed by atoms with Gasteiger partial charge in [-0.2, -0.15) is 0 Å². The first-order valence-corrected chi connectivity index (χ1v) is 9.97. The lowest BCUT2D eigenvalue weighted by Crippen LogP contribution is -2.23. The number of hydrogen-bond acceptors (Lipinski definition) is 3. The van der Waals surface area contributed by atoms with Crippen LogP contribution in [0.15, 0.2) is 18.2 Å². The zero-order valence-electron chi connectivity index (χ0n) is 12.5. The van der Waals surface area contributed by atoms with Gasteiger partial charge in [0, 0.05) is 12.1 Å². The third-order valence-electron chi connectivity index (χ3n) is 3.25. The summed E-state index contributed by atoms with van der Waals surface area (Å²) in [7, 11) is 0. The molecule has 20 heavy (non-hydrogen) atoms. The van der Waals surface area contributed by atoms with Crippen LogP contribution < -0.4 is 9.61 Å². The van der Waals surface area contributed by atoms with Crippen molar-refractivity contribution in [3.8, 4) is 5.75 Å². The molecule has 1 aromatic carbocycles. The van der Waals surface area contributed by atoms with Crippen LogP contribution in [-0.4, -0.2) is 6.54 Å². The van der Waals surface area contributed by atoms with Crippen molar-refractivity contribution in [2.24, 2.45) is 5.92 Å². The van der Waals surface area contributed by atoms with Crippen molar-refractivity contribution in [3.63, 3.8) is 0 Å². The normalized spacial score (nSPS) is 21.6.